The van der Waals surface area contributed by atoms with Crippen LogP contribution in [0.2, 0.25) is 0 Å². The molecule has 1 saturated heterocycles. The van der Waals surface area contributed by atoms with E-state index in [9.17, 15) is 4.79 Å². The normalized spacial score (nSPS) is 21.2. The van der Waals surface area contributed by atoms with Crippen molar-refractivity contribution in [2.45, 2.75) is 38.8 Å². The summed E-state index contributed by atoms with van der Waals surface area (Å²) in [5.74, 6) is 0.0115. The number of ether oxygens (including phenoxy) is 1. The highest BCUT2D eigenvalue weighted by atomic mass is 16.5. The van der Waals surface area contributed by atoms with E-state index in [-0.39, 0.29) is 18.1 Å². The average Bonchev–Trinajstić information content (AvgIpc) is 2.94. The zero-order valence-corrected chi connectivity index (χ0v) is 13.9. The van der Waals surface area contributed by atoms with E-state index in [1.165, 1.54) is 0 Å². The van der Waals surface area contributed by atoms with Crippen LogP contribution in [0.4, 0.5) is 0 Å². The van der Waals surface area contributed by atoms with Gasteiger partial charge in [-0.15, -0.1) is 0 Å². The molecule has 5 nitrogen and oxygen atoms in total. The van der Waals surface area contributed by atoms with Gasteiger partial charge < -0.3 is 10.1 Å². The van der Waals surface area contributed by atoms with Gasteiger partial charge in [-0.1, -0.05) is 18.2 Å². The molecule has 0 saturated carbocycles. The lowest BCUT2D eigenvalue weighted by Gasteiger charge is -2.30. The third kappa shape index (κ3) is 3.45. The van der Waals surface area contributed by atoms with Crippen LogP contribution in [-0.4, -0.2) is 28.3 Å². The molecule has 122 valence electrons. The number of carbonyl (C=O) groups is 1. The topological polar surface area (TPSA) is 56.1 Å². The Hall–Kier alpha value is -2.14. The number of carbonyl (C=O) groups excluding carboxylic acids is 1. The van der Waals surface area contributed by atoms with E-state index in [1.807, 2.05) is 51.5 Å². The van der Waals surface area contributed by atoms with Gasteiger partial charge in [0, 0.05) is 37.0 Å². The first-order valence-corrected chi connectivity index (χ1v) is 8.02. The molecule has 1 N–H and O–H groups in total. The minimum atomic E-state index is 0.000664. The van der Waals surface area contributed by atoms with Gasteiger partial charge in [-0.05, 0) is 37.8 Å². The van der Waals surface area contributed by atoms with Crippen molar-refractivity contribution < 1.29 is 9.53 Å². The third-order valence-electron chi connectivity index (χ3n) is 4.42. The Morgan fingerprint density at radius 1 is 1.35 bits per heavy atom. The van der Waals surface area contributed by atoms with Crippen LogP contribution in [0.5, 0.6) is 0 Å². The van der Waals surface area contributed by atoms with Crippen molar-refractivity contribution in [2.75, 3.05) is 6.61 Å². The number of rotatable bonds is 3. The Morgan fingerprint density at radius 2 is 2.09 bits per heavy atom. The van der Waals surface area contributed by atoms with Crippen LogP contribution in [0.25, 0.3) is 0 Å². The molecule has 1 aromatic carbocycles. The molecule has 2 aromatic rings. The molecule has 1 aromatic heterocycles. The quantitative estimate of drug-likeness (QED) is 0.948. The molecule has 0 aliphatic carbocycles. The van der Waals surface area contributed by atoms with Crippen LogP contribution in [0.15, 0.2) is 30.6 Å². The molecule has 0 bridgehead atoms. The largest absolute Gasteiger partial charge is 0.373 e. The predicted molar refractivity (Wildman–Crippen MR) is 88.3 cm³/mol. The molecule has 23 heavy (non-hydrogen) atoms. The first kappa shape index (κ1) is 15.7. The van der Waals surface area contributed by atoms with Crippen molar-refractivity contribution in [3.63, 3.8) is 0 Å². The van der Waals surface area contributed by atoms with Crippen molar-refractivity contribution in [3.05, 3.63) is 52.8 Å². The van der Waals surface area contributed by atoms with Crippen molar-refractivity contribution in [2.24, 2.45) is 7.05 Å². The van der Waals surface area contributed by atoms with Gasteiger partial charge in [0.2, 0.25) is 0 Å². The summed E-state index contributed by atoms with van der Waals surface area (Å²) in [5, 5.41) is 7.38. The molecule has 1 amide bonds. The lowest BCUT2D eigenvalue weighted by molar-refractivity contribution is 0.000861. The second kappa shape index (κ2) is 6.54. The highest BCUT2D eigenvalue weighted by Crippen LogP contribution is 2.28. The molecule has 1 fully saturated rings. The Kier molecular flexibility index (Phi) is 4.48. The summed E-state index contributed by atoms with van der Waals surface area (Å²) in [7, 11) is 1.90. The Balaban J connectivity index is 1.69. The number of hydrogen-bond acceptors (Lipinski definition) is 3. The van der Waals surface area contributed by atoms with E-state index < -0.39 is 0 Å². The van der Waals surface area contributed by atoms with Crippen molar-refractivity contribution >= 4 is 5.91 Å². The minimum absolute atomic E-state index is 0.000664. The van der Waals surface area contributed by atoms with Crippen LogP contribution < -0.4 is 5.32 Å². The maximum Gasteiger partial charge on any atom is 0.252 e. The Bertz CT molecular complexity index is 688. The summed E-state index contributed by atoms with van der Waals surface area (Å²) < 4.78 is 7.61. The van der Waals surface area contributed by atoms with E-state index in [0.717, 1.165) is 35.1 Å². The van der Waals surface area contributed by atoms with E-state index in [0.29, 0.717) is 6.61 Å². The van der Waals surface area contributed by atoms with Gasteiger partial charge in [0.15, 0.2) is 0 Å². The Morgan fingerprint density at radius 3 is 2.74 bits per heavy atom. The van der Waals surface area contributed by atoms with Crippen LogP contribution >= 0.6 is 0 Å². The zero-order chi connectivity index (χ0) is 16.4. The zero-order valence-electron chi connectivity index (χ0n) is 13.9. The van der Waals surface area contributed by atoms with Gasteiger partial charge in [-0.3, -0.25) is 9.48 Å². The third-order valence-corrected chi connectivity index (χ3v) is 4.42. The number of amides is 1. The molecule has 5 heteroatoms. The fourth-order valence-corrected chi connectivity index (χ4v) is 3.20. The second-order valence-electron chi connectivity index (χ2n) is 6.27. The van der Waals surface area contributed by atoms with Crippen molar-refractivity contribution in [3.8, 4) is 0 Å². The van der Waals surface area contributed by atoms with Crippen molar-refractivity contribution in [1.29, 1.82) is 0 Å². The highest BCUT2D eigenvalue weighted by molar-refractivity contribution is 5.97. The number of aryl methyl sites for hydroxylation is 3. The summed E-state index contributed by atoms with van der Waals surface area (Å²) in [4.78, 5) is 12.6. The first-order chi connectivity index (χ1) is 11.0. The van der Waals surface area contributed by atoms with E-state index >= 15 is 0 Å². The van der Waals surface area contributed by atoms with Crippen LogP contribution in [0.3, 0.4) is 0 Å². The molecule has 0 spiro atoms. The van der Waals surface area contributed by atoms with Crippen LogP contribution in [0, 0.1) is 13.8 Å². The molecule has 3 rings (SSSR count). The Labute approximate surface area is 136 Å². The monoisotopic (exact) mass is 313 g/mol. The van der Waals surface area contributed by atoms with Gasteiger partial charge in [-0.25, -0.2) is 0 Å². The van der Waals surface area contributed by atoms with E-state index in [2.05, 4.69) is 10.4 Å². The molecule has 2 heterocycles. The number of aromatic nitrogens is 2. The number of nitrogens with zero attached hydrogens (tertiary/aromatic N) is 2. The molecule has 2 atom stereocenters. The number of benzene rings is 1. The number of hydrogen-bond donors (Lipinski definition) is 1. The van der Waals surface area contributed by atoms with Gasteiger partial charge >= 0.3 is 0 Å². The molecular weight excluding hydrogens is 290 g/mol. The lowest BCUT2D eigenvalue weighted by Crippen LogP contribution is -2.40. The van der Waals surface area contributed by atoms with E-state index in [1.54, 1.807) is 4.68 Å². The van der Waals surface area contributed by atoms with Crippen LogP contribution in [0.1, 0.15) is 46.0 Å². The molecule has 1 aliphatic heterocycles. The van der Waals surface area contributed by atoms with Crippen LogP contribution in [-0.2, 0) is 11.8 Å². The molecule has 0 radical (unpaired) electrons. The molecule has 1 aliphatic rings. The minimum Gasteiger partial charge on any atom is -0.373 e. The fourth-order valence-electron chi connectivity index (χ4n) is 3.20. The first-order valence-electron chi connectivity index (χ1n) is 8.02. The molecule has 2 unspecified atom stereocenters. The molecular formula is C18H23N3O2. The second-order valence-corrected chi connectivity index (χ2v) is 6.27. The smallest absolute Gasteiger partial charge is 0.252 e. The average molecular weight is 313 g/mol. The van der Waals surface area contributed by atoms with Crippen molar-refractivity contribution in [1.82, 2.24) is 15.1 Å². The summed E-state index contributed by atoms with van der Waals surface area (Å²) in [6.07, 6.45) is 5.43. The summed E-state index contributed by atoms with van der Waals surface area (Å²) in [6.45, 7) is 4.60. The number of nitrogens with one attached hydrogen (secondary N) is 1. The van der Waals surface area contributed by atoms with E-state index in [4.69, 9.17) is 4.74 Å². The fraction of sp³-hybridized carbons (Fsp3) is 0.444. The van der Waals surface area contributed by atoms with Gasteiger partial charge in [0.05, 0.1) is 12.3 Å². The lowest BCUT2D eigenvalue weighted by atomic mass is 9.97. The maximum atomic E-state index is 12.6. The maximum absolute atomic E-state index is 12.6. The van der Waals surface area contributed by atoms with Gasteiger partial charge in [0.1, 0.15) is 0 Å². The SMILES string of the molecule is Cc1cccc(C)c1C(=O)NC1CCOC(c2cnn(C)c2)C1. The summed E-state index contributed by atoms with van der Waals surface area (Å²) in [5.41, 5.74) is 3.88. The standard InChI is InChI=1S/C18H23N3O2/c1-12-5-4-6-13(2)17(12)18(22)20-15-7-8-23-16(9-15)14-10-19-21(3)11-14/h4-6,10-11,15-16H,7-9H2,1-3H3,(H,20,22). The van der Waals surface area contributed by atoms with Gasteiger partial charge in [-0.2, -0.15) is 5.10 Å². The van der Waals surface area contributed by atoms with Gasteiger partial charge in [0.25, 0.3) is 5.91 Å². The summed E-state index contributed by atoms with van der Waals surface area (Å²) >= 11 is 0. The predicted octanol–water partition coefficient (Wildman–Crippen LogP) is 2.69. The summed E-state index contributed by atoms with van der Waals surface area (Å²) in [6, 6.07) is 6.06. The highest BCUT2D eigenvalue weighted by Gasteiger charge is 2.26.